The first-order chi connectivity index (χ1) is 10.1. The number of ether oxygens (including phenoxy) is 1. The largest absolute Gasteiger partial charge is 0.394 e. The van der Waals surface area contributed by atoms with E-state index in [1.807, 2.05) is 6.92 Å². The fourth-order valence-electron chi connectivity index (χ4n) is 2.58. The molecule has 4 atom stereocenters. The molecule has 3 rings (SSSR count). The maximum atomic E-state index is 10.1. The summed E-state index contributed by atoms with van der Waals surface area (Å²) in [5.74, 6) is 1.01. The van der Waals surface area contributed by atoms with Crippen LogP contribution in [0.1, 0.15) is 19.0 Å². The van der Waals surface area contributed by atoms with Crippen LogP contribution >= 0.6 is 12.6 Å². The zero-order valence-electron chi connectivity index (χ0n) is 11.4. The summed E-state index contributed by atoms with van der Waals surface area (Å²) in [6.07, 6.45) is -0.133. The molecule has 0 bridgehead atoms. The van der Waals surface area contributed by atoms with Gasteiger partial charge in [0.2, 0.25) is 0 Å². The van der Waals surface area contributed by atoms with Crippen molar-refractivity contribution in [3.05, 3.63) is 12.2 Å². The molecule has 0 aliphatic carbocycles. The molecule has 0 radical (unpaired) electrons. The minimum Gasteiger partial charge on any atom is -0.394 e. The van der Waals surface area contributed by atoms with Crippen LogP contribution in [0.4, 0.5) is 5.82 Å². The molecule has 1 saturated heterocycles. The first-order valence-corrected chi connectivity index (χ1v) is 7.19. The van der Waals surface area contributed by atoms with Crippen molar-refractivity contribution in [2.75, 3.05) is 12.3 Å². The van der Waals surface area contributed by atoms with E-state index in [9.17, 15) is 10.2 Å². The van der Waals surface area contributed by atoms with Crippen molar-refractivity contribution in [2.24, 2.45) is 0 Å². The molecule has 0 amide bonds. The fourth-order valence-corrected chi connectivity index (χ4v) is 2.98. The number of aryl methyl sites for hydroxylation is 1. The summed E-state index contributed by atoms with van der Waals surface area (Å²) in [6.45, 7) is 1.67. The van der Waals surface area contributed by atoms with Gasteiger partial charge in [-0.15, -0.1) is 0 Å². The molecule has 3 heterocycles. The van der Waals surface area contributed by atoms with Gasteiger partial charge in [0.15, 0.2) is 23.2 Å². The third-order valence-corrected chi connectivity index (χ3v) is 4.23. The van der Waals surface area contributed by atoms with Crippen LogP contribution in [-0.4, -0.2) is 53.8 Å². The molecular formula is C12H17N5O3S. The molecule has 1 fully saturated rings. The lowest BCUT2D eigenvalue weighted by Gasteiger charge is -2.19. The summed E-state index contributed by atoms with van der Waals surface area (Å²) in [5.41, 5.74) is 6.87. The highest BCUT2D eigenvalue weighted by atomic mass is 32.1. The first-order valence-electron chi connectivity index (χ1n) is 6.68. The van der Waals surface area contributed by atoms with Crippen molar-refractivity contribution in [2.45, 2.75) is 37.0 Å². The number of rotatable bonds is 3. The summed E-state index contributed by atoms with van der Waals surface area (Å²) in [4.78, 5) is 12.6. The Morgan fingerprint density at radius 1 is 1.48 bits per heavy atom. The Balaban J connectivity index is 2.14. The topological polar surface area (TPSA) is 119 Å². The van der Waals surface area contributed by atoms with Gasteiger partial charge in [-0.05, 0) is 0 Å². The van der Waals surface area contributed by atoms with E-state index in [1.165, 1.54) is 6.33 Å². The number of aromatic nitrogens is 4. The van der Waals surface area contributed by atoms with E-state index in [-0.39, 0.29) is 6.61 Å². The predicted molar refractivity (Wildman–Crippen MR) is 78.9 cm³/mol. The van der Waals surface area contributed by atoms with Crippen LogP contribution in [0, 0.1) is 0 Å². The molecule has 1 aliphatic heterocycles. The normalized spacial score (nSPS) is 29.3. The highest BCUT2D eigenvalue weighted by Gasteiger charge is 2.43. The number of hydrogen-bond donors (Lipinski definition) is 4. The van der Waals surface area contributed by atoms with Crippen molar-refractivity contribution in [1.29, 1.82) is 0 Å². The molecular weight excluding hydrogens is 294 g/mol. The fraction of sp³-hybridized carbons (Fsp3) is 0.583. The Labute approximate surface area is 126 Å². The lowest BCUT2D eigenvalue weighted by molar-refractivity contribution is -0.0438. The molecule has 0 spiro atoms. The molecule has 4 N–H and O–H groups in total. The van der Waals surface area contributed by atoms with Crippen molar-refractivity contribution < 1.29 is 14.9 Å². The lowest BCUT2D eigenvalue weighted by atomic mass is 10.2. The molecule has 2 aromatic rings. The Bertz CT molecular complexity index is 664. The second-order valence-electron chi connectivity index (χ2n) is 4.91. The van der Waals surface area contributed by atoms with Crippen LogP contribution in [0.25, 0.3) is 11.2 Å². The number of aliphatic hydroxyl groups excluding tert-OH is 2. The van der Waals surface area contributed by atoms with Crippen molar-refractivity contribution in [3.8, 4) is 0 Å². The van der Waals surface area contributed by atoms with Crippen LogP contribution in [0.2, 0.25) is 0 Å². The van der Waals surface area contributed by atoms with Gasteiger partial charge in [0, 0.05) is 6.42 Å². The minimum absolute atomic E-state index is 0.278. The molecule has 0 saturated carbocycles. The zero-order chi connectivity index (χ0) is 15.1. The predicted octanol–water partition coefficient (Wildman–Crippen LogP) is -0.480. The van der Waals surface area contributed by atoms with Crippen LogP contribution in [0.15, 0.2) is 6.33 Å². The van der Waals surface area contributed by atoms with E-state index in [0.717, 1.165) is 0 Å². The third kappa shape index (κ3) is 2.16. The van der Waals surface area contributed by atoms with E-state index >= 15 is 0 Å². The van der Waals surface area contributed by atoms with Gasteiger partial charge in [-0.3, -0.25) is 4.57 Å². The van der Waals surface area contributed by atoms with E-state index < -0.39 is 23.7 Å². The molecule has 114 valence electrons. The minimum atomic E-state index is -0.871. The number of hydrogen-bond acceptors (Lipinski definition) is 8. The number of aliphatic hydroxyl groups is 2. The Morgan fingerprint density at radius 2 is 2.24 bits per heavy atom. The van der Waals surface area contributed by atoms with E-state index in [0.29, 0.717) is 29.2 Å². The summed E-state index contributed by atoms with van der Waals surface area (Å²) >= 11 is 4.41. The van der Waals surface area contributed by atoms with Gasteiger partial charge in [0.25, 0.3) is 0 Å². The van der Waals surface area contributed by atoms with Gasteiger partial charge in [-0.2, -0.15) is 12.6 Å². The van der Waals surface area contributed by atoms with Gasteiger partial charge in [0.05, 0.1) is 18.0 Å². The van der Waals surface area contributed by atoms with E-state index in [2.05, 4.69) is 27.6 Å². The lowest BCUT2D eigenvalue weighted by Crippen LogP contribution is -2.30. The van der Waals surface area contributed by atoms with Crippen LogP contribution < -0.4 is 5.73 Å². The van der Waals surface area contributed by atoms with Gasteiger partial charge in [-0.1, -0.05) is 6.92 Å². The molecule has 0 aromatic carbocycles. The molecule has 0 unspecified atom stereocenters. The van der Waals surface area contributed by atoms with Gasteiger partial charge >= 0.3 is 0 Å². The van der Waals surface area contributed by atoms with Crippen molar-refractivity contribution >= 4 is 29.6 Å². The maximum absolute atomic E-state index is 10.1. The number of nitrogen functional groups attached to an aromatic ring is 1. The summed E-state index contributed by atoms with van der Waals surface area (Å²) < 4.78 is 7.48. The average molecular weight is 311 g/mol. The van der Waals surface area contributed by atoms with Crippen LogP contribution in [-0.2, 0) is 11.2 Å². The van der Waals surface area contributed by atoms with Crippen molar-refractivity contribution in [1.82, 2.24) is 19.5 Å². The average Bonchev–Trinajstić information content (AvgIpc) is 2.99. The Hall–Kier alpha value is -1.42. The van der Waals surface area contributed by atoms with E-state index in [1.54, 1.807) is 4.57 Å². The molecule has 1 aliphatic rings. The molecule has 8 nitrogen and oxygen atoms in total. The van der Waals surface area contributed by atoms with Gasteiger partial charge in [-0.25, -0.2) is 15.0 Å². The number of thiol groups is 1. The molecule has 21 heavy (non-hydrogen) atoms. The maximum Gasteiger partial charge on any atom is 0.167 e. The number of nitrogens with zero attached hydrogens (tertiary/aromatic N) is 4. The summed E-state index contributed by atoms with van der Waals surface area (Å²) in [5, 5.41) is 18.8. The number of imidazole rings is 1. The third-order valence-electron chi connectivity index (χ3n) is 3.67. The molecule has 2 aromatic heterocycles. The van der Waals surface area contributed by atoms with Crippen LogP contribution in [0.5, 0.6) is 0 Å². The second-order valence-corrected chi connectivity index (χ2v) is 5.51. The SMILES string of the molecule is CCc1nc2c(N)ncnc2n1[C@@H]1O[C@H](CO)[C@@H](O)[C@H]1S. The van der Waals surface area contributed by atoms with Crippen molar-refractivity contribution in [3.63, 3.8) is 0 Å². The first kappa shape index (κ1) is 14.5. The quantitative estimate of drug-likeness (QED) is 0.565. The molecule has 9 heteroatoms. The van der Waals surface area contributed by atoms with Crippen LogP contribution in [0.3, 0.4) is 0 Å². The second kappa shape index (κ2) is 5.41. The highest BCUT2D eigenvalue weighted by molar-refractivity contribution is 7.81. The smallest absolute Gasteiger partial charge is 0.167 e. The monoisotopic (exact) mass is 311 g/mol. The Morgan fingerprint density at radius 3 is 2.86 bits per heavy atom. The number of fused-ring (bicyclic) bond motifs is 1. The van der Waals surface area contributed by atoms with E-state index in [4.69, 9.17) is 10.5 Å². The van der Waals surface area contributed by atoms with Gasteiger partial charge in [0.1, 0.15) is 18.3 Å². The zero-order valence-corrected chi connectivity index (χ0v) is 12.3. The summed E-state index contributed by atoms with van der Waals surface area (Å²) in [7, 11) is 0. The highest BCUT2D eigenvalue weighted by Crippen LogP contribution is 2.36. The number of nitrogens with two attached hydrogens (primary N) is 1. The standard InChI is InChI=1S/C12H17N5O3S/c1-2-6-16-7-10(13)14-4-15-11(7)17(6)12-9(21)8(19)5(3-18)20-12/h4-5,8-9,12,18-19,21H,2-3H2,1H3,(H2,13,14,15)/t5-,8-,9-,12-/m1/s1. The van der Waals surface area contributed by atoms with Gasteiger partial charge < -0.3 is 20.7 Å². The Kier molecular flexibility index (Phi) is 3.74. The number of anilines is 1. The summed E-state index contributed by atoms with van der Waals surface area (Å²) in [6, 6.07) is 0.